The quantitative estimate of drug-likeness (QED) is 0.743. The number of rotatable bonds is 3. The molecule has 1 aromatic rings. The Bertz CT molecular complexity index is 381. The van der Waals surface area contributed by atoms with Crippen LogP contribution in [0.3, 0.4) is 0 Å². The highest BCUT2D eigenvalue weighted by Gasteiger charge is 2.26. The minimum Gasteiger partial charge on any atom is -0.469 e. The summed E-state index contributed by atoms with van der Waals surface area (Å²) in [7, 11) is 1.46. The molecule has 5 nitrogen and oxygen atoms in total. The number of nitrogens with zero attached hydrogens (tertiary/aromatic N) is 3. The highest BCUT2D eigenvalue weighted by molar-refractivity contribution is 5.72. The Kier molecular flexibility index (Phi) is 3.66. The smallest absolute Gasteiger partial charge is 0.308 e. The average Bonchev–Trinajstić information content (AvgIpc) is 2.86. The minimum absolute atomic E-state index is 0.0567. The van der Waals surface area contributed by atoms with Gasteiger partial charge >= 0.3 is 5.97 Å². The zero-order chi connectivity index (χ0) is 12.3. The number of esters is 1. The molecule has 0 N–H and O–H groups in total. The molecule has 5 heteroatoms. The molecule has 0 aromatic carbocycles. The van der Waals surface area contributed by atoms with Crippen LogP contribution in [0.15, 0.2) is 12.4 Å². The predicted octanol–water partition coefficient (Wildman–Crippen LogP) is 1.29. The molecule has 17 heavy (non-hydrogen) atoms. The first-order valence-electron chi connectivity index (χ1n) is 6.10. The molecular formula is C12H19N3O2. The zero-order valence-electron chi connectivity index (χ0n) is 10.4. The Labute approximate surface area is 101 Å². The molecule has 1 aliphatic rings. The second-order valence-corrected chi connectivity index (χ2v) is 4.30. The number of imidazole rings is 1. The molecule has 1 saturated heterocycles. The van der Waals surface area contributed by atoms with Gasteiger partial charge in [-0.05, 0) is 19.8 Å². The van der Waals surface area contributed by atoms with E-state index in [1.165, 1.54) is 7.11 Å². The normalized spacial score (nSPS) is 17.2. The van der Waals surface area contributed by atoms with E-state index < -0.39 is 0 Å². The maximum Gasteiger partial charge on any atom is 0.308 e. The number of hydrogen-bond donors (Lipinski definition) is 0. The van der Waals surface area contributed by atoms with Gasteiger partial charge in [-0.3, -0.25) is 4.79 Å². The van der Waals surface area contributed by atoms with E-state index in [4.69, 9.17) is 4.74 Å². The van der Waals surface area contributed by atoms with Crippen LogP contribution in [-0.4, -0.2) is 35.7 Å². The number of anilines is 1. The van der Waals surface area contributed by atoms with Gasteiger partial charge < -0.3 is 14.2 Å². The molecule has 1 aliphatic heterocycles. The van der Waals surface area contributed by atoms with E-state index in [-0.39, 0.29) is 11.9 Å². The van der Waals surface area contributed by atoms with Crippen LogP contribution in [-0.2, 0) is 16.1 Å². The van der Waals surface area contributed by atoms with Crippen molar-refractivity contribution in [2.45, 2.75) is 26.3 Å². The summed E-state index contributed by atoms with van der Waals surface area (Å²) < 4.78 is 6.91. The third-order valence-electron chi connectivity index (χ3n) is 3.35. The molecule has 94 valence electrons. The van der Waals surface area contributed by atoms with E-state index in [2.05, 4.69) is 21.4 Å². The van der Waals surface area contributed by atoms with E-state index in [1.54, 1.807) is 0 Å². The van der Waals surface area contributed by atoms with Crippen LogP contribution in [0.1, 0.15) is 19.8 Å². The van der Waals surface area contributed by atoms with Gasteiger partial charge in [0.1, 0.15) is 0 Å². The van der Waals surface area contributed by atoms with Crippen molar-refractivity contribution in [1.29, 1.82) is 0 Å². The maximum absolute atomic E-state index is 11.4. The fourth-order valence-electron chi connectivity index (χ4n) is 2.31. The van der Waals surface area contributed by atoms with Gasteiger partial charge in [-0.2, -0.15) is 0 Å². The second kappa shape index (κ2) is 5.21. The molecule has 0 radical (unpaired) electrons. The molecule has 2 rings (SSSR count). The molecule has 0 atom stereocenters. The predicted molar refractivity (Wildman–Crippen MR) is 64.9 cm³/mol. The summed E-state index contributed by atoms with van der Waals surface area (Å²) in [5.74, 6) is 0.987. The molecule has 0 amide bonds. The van der Waals surface area contributed by atoms with E-state index in [1.807, 2.05) is 12.4 Å². The topological polar surface area (TPSA) is 47.4 Å². The van der Waals surface area contributed by atoms with Crippen molar-refractivity contribution in [3.05, 3.63) is 12.4 Å². The highest BCUT2D eigenvalue weighted by atomic mass is 16.5. The van der Waals surface area contributed by atoms with Crippen LogP contribution in [0.25, 0.3) is 0 Å². The van der Waals surface area contributed by atoms with Crippen molar-refractivity contribution in [3.8, 4) is 0 Å². The number of ether oxygens (including phenoxy) is 1. The van der Waals surface area contributed by atoms with Crippen LogP contribution in [0.4, 0.5) is 5.95 Å². The van der Waals surface area contributed by atoms with Gasteiger partial charge in [0.15, 0.2) is 0 Å². The van der Waals surface area contributed by atoms with Crippen molar-refractivity contribution < 1.29 is 9.53 Å². The van der Waals surface area contributed by atoms with Gasteiger partial charge in [0, 0.05) is 32.0 Å². The van der Waals surface area contributed by atoms with E-state index in [9.17, 15) is 4.79 Å². The standard InChI is InChI=1S/C12H19N3O2/c1-3-14-9-6-13-12(14)15-7-4-10(5-8-15)11(16)17-2/h6,9-10H,3-5,7-8H2,1-2H3. The third kappa shape index (κ3) is 2.43. The Morgan fingerprint density at radius 2 is 2.24 bits per heavy atom. The number of aromatic nitrogens is 2. The number of aryl methyl sites for hydroxylation is 1. The molecule has 0 bridgehead atoms. The van der Waals surface area contributed by atoms with Crippen LogP contribution in [0, 0.1) is 5.92 Å². The van der Waals surface area contributed by atoms with E-state index in [0.717, 1.165) is 38.4 Å². The number of hydrogen-bond acceptors (Lipinski definition) is 4. The largest absolute Gasteiger partial charge is 0.469 e. The molecule has 2 heterocycles. The van der Waals surface area contributed by atoms with Crippen LogP contribution >= 0.6 is 0 Å². The van der Waals surface area contributed by atoms with Crippen molar-refractivity contribution in [2.24, 2.45) is 5.92 Å². The Balaban J connectivity index is 1.97. The summed E-state index contributed by atoms with van der Waals surface area (Å²) in [5, 5.41) is 0. The molecular weight excluding hydrogens is 218 g/mol. The Morgan fingerprint density at radius 3 is 2.82 bits per heavy atom. The first-order valence-corrected chi connectivity index (χ1v) is 6.10. The van der Waals surface area contributed by atoms with Gasteiger partial charge in [0.05, 0.1) is 13.0 Å². The molecule has 0 aliphatic carbocycles. The summed E-state index contributed by atoms with van der Waals surface area (Å²) in [5.41, 5.74) is 0. The van der Waals surface area contributed by atoms with E-state index >= 15 is 0 Å². The Hall–Kier alpha value is -1.52. The first-order chi connectivity index (χ1) is 8.26. The number of carbonyl (C=O) groups is 1. The molecule has 1 aromatic heterocycles. The van der Waals surface area contributed by atoms with Crippen LogP contribution in [0.2, 0.25) is 0 Å². The lowest BCUT2D eigenvalue weighted by Crippen LogP contribution is -2.38. The highest BCUT2D eigenvalue weighted by Crippen LogP contribution is 2.22. The summed E-state index contributed by atoms with van der Waals surface area (Å²) in [6.45, 7) is 4.77. The van der Waals surface area contributed by atoms with Crippen molar-refractivity contribution in [3.63, 3.8) is 0 Å². The van der Waals surface area contributed by atoms with Gasteiger partial charge in [-0.15, -0.1) is 0 Å². The van der Waals surface area contributed by atoms with Gasteiger partial charge in [-0.1, -0.05) is 0 Å². The molecule has 0 spiro atoms. The summed E-state index contributed by atoms with van der Waals surface area (Å²) in [4.78, 5) is 18.0. The minimum atomic E-state index is -0.0801. The number of methoxy groups -OCH3 is 1. The zero-order valence-corrected chi connectivity index (χ0v) is 10.4. The summed E-state index contributed by atoms with van der Waals surface area (Å²) >= 11 is 0. The number of piperidine rings is 1. The van der Waals surface area contributed by atoms with Gasteiger partial charge in [0.25, 0.3) is 0 Å². The van der Waals surface area contributed by atoms with Gasteiger partial charge in [-0.25, -0.2) is 4.98 Å². The molecule has 1 fully saturated rings. The first kappa shape index (κ1) is 12.0. The van der Waals surface area contributed by atoms with Crippen LogP contribution < -0.4 is 4.90 Å². The second-order valence-electron chi connectivity index (χ2n) is 4.30. The lowest BCUT2D eigenvalue weighted by Gasteiger charge is -2.31. The summed E-state index contributed by atoms with van der Waals surface area (Å²) in [6.07, 6.45) is 5.51. The van der Waals surface area contributed by atoms with Crippen molar-refractivity contribution in [1.82, 2.24) is 9.55 Å². The summed E-state index contributed by atoms with van der Waals surface area (Å²) in [6, 6.07) is 0. The van der Waals surface area contributed by atoms with Crippen molar-refractivity contribution >= 4 is 11.9 Å². The lowest BCUT2D eigenvalue weighted by atomic mass is 9.97. The number of carbonyl (C=O) groups excluding carboxylic acids is 1. The third-order valence-corrected chi connectivity index (χ3v) is 3.35. The van der Waals surface area contributed by atoms with Crippen LogP contribution in [0.5, 0.6) is 0 Å². The Morgan fingerprint density at radius 1 is 1.53 bits per heavy atom. The average molecular weight is 237 g/mol. The molecule has 0 unspecified atom stereocenters. The lowest BCUT2D eigenvalue weighted by molar-refractivity contribution is -0.146. The molecule has 0 saturated carbocycles. The van der Waals surface area contributed by atoms with Crippen molar-refractivity contribution in [2.75, 3.05) is 25.1 Å². The fraction of sp³-hybridized carbons (Fsp3) is 0.667. The maximum atomic E-state index is 11.4. The SMILES string of the molecule is CCn1ccnc1N1CCC(C(=O)OC)CC1. The van der Waals surface area contributed by atoms with E-state index in [0.29, 0.717) is 0 Å². The fourth-order valence-corrected chi connectivity index (χ4v) is 2.31. The monoisotopic (exact) mass is 237 g/mol. The van der Waals surface area contributed by atoms with Gasteiger partial charge in [0.2, 0.25) is 5.95 Å².